The largest absolute Gasteiger partial charge is 0.381 e. The maximum absolute atomic E-state index is 8.87. The number of ether oxygens (including phenoxy) is 1. The van der Waals surface area contributed by atoms with Gasteiger partial charge in [-0.15, -0.1) is 0 Å². The van der Waals surface area contributed by atoms with E-state index in [0.29, 0.717) is 12.0 Å². The van der Waals surface area contributed by atoms with Crippen LogP contribution in [0.3, 0.4) is 0 Å². The van der Waals surface area contributed by atoms with Crippen molar-refractivity contribution in [1.29, 1.82) is 5.26 Å². The van der Waals surface area contributed by atoms with Crippen molar-refractivity contribution in [2.24, 2.45) is 11.8 Å². The first kappa shape index (κ1) is 12.9. The van der Waals surface area contributed by atoms with Gasteiger partial charge >= 0.3 is 0 Å². The minimum Gasteiger partial charge on any atom is -0.381 e. The second-order valence-electron chi connectivity index (χ2n) is 5.58. The van der Waals surface area contributed by atoms with Gasteiger partial charge in [-0.2, -0.15) is 5.26 Å². The van der Waals surface area contributed by atoms with Crippen molar-refractivity contribution < 1.29 is 4.74 Å². The Morgan fingerprint density at radius 2 is 1.76 bits per heavy atom. The standard InChI is InChI=1S/C14H24N2O/c1-17-14-4-2-13(3-5-14)11-16-8-6-12(10-15)7-9-16/h12-14H,2-9,11H2,1H3. The van der Waals surface area contributed by atoms with Crippen LogP contribution >= 0.6 is 0 Å². The highest BCUT2D eigenvalue weighted by atomic mass is 16.5. The highest BCUT2D eigenvalue weighted by Gasteiger charge is 2.25. The van der Waals surface area contributed by atoms with Crippen LogP contribution in [0.5, 0.6) is 0 Å². The fourth-order valence-electron chi connectivity index (χ4n) is 3.16. The van der Waals surface area contributed by atoms with Crippen molar-refractivity contribution in [1.82, 2.24) is 4.90 Å². The van der Waals surface area contributed by atoms with Gasteiger partial charge in [0, 0.05) is 19.6 Å². The molecule has 0 N–H and O–H groups in total. The van der Waals surface area contributed by atoms with Crippen LogP contribution in [-0.2, 0) is 4.74 Å². The normalized spacial score (nSPS) is 32.2. The maximum atomic E-state index is 8.87. The number of piperidine rings is 1. The second-order valence-corrected chi connectivity index (χ2v) is 5.58. The Labute approximate surface area is 105 Å². The molecule has 0 aromatic carbocycles. The van der Waals surface area contributed by atoms with Gasteiger partial charge in [0.05, 0.1) is 12.2 Å². The minimum atomic E-state index is 0.315. The van der Waals surface area contributed by atoms with E-state index < -0.39 is 0 Å². The van der Waals surface area contributed by atoms with Gasteiger partial charge in [-0.25, -0.2) is 0 Å². The van der Waals surface area contributed by atoms with E-state index in [1.54, 1.807) is 0 Å². The van der Waals surface area contributed by atoms with Gasteiger partial charge in [-0.3, -0.25) is 0 Å². The molecule has 0 atom stereocenters. The van der Waals surface area contributed by atoms with Crippen LogP contribution in [0.2, 0.25) is 0 Å². The molecule has 1 saturated carbocycles. The summed E-state index contributed by atoms with van der Waals surface area (Å²) in [6.45, 7) is 3.50. The van der Waals surface area contributed by atoms with Gasteiger partial charge in [-0.1, -0.05) is 0 Å². The Kier molecular flexibility index (Phi) is 4.82. The Morgan fingerprint density at radius 3 is 2.29 bits per heavy atom. The van der Waals surface area contributed by atoms with Crippen molar-refractivity contribution in [3.05, 3.63) is 0 Å². The molecule has 17 heavy (non-hydrogen) atoms. The molecule has 1 heterocycles. The van der Waals surface area contributed by atoms with Gasteiger partial charge in [0.15, 0.2) is 0 Å². The van der Waals surface area contributed by atoms with Crippen LogP contribution in [0.25, 0.3) is 0 Å². The fraction of sp³-hybridized carbons (Fsp3) is 0.929. The minimum absolute atomic E-state index is 0.315. The number of hydrogen-bond acceptors (Lipinski definition) is 3. The number of nitriles is 1. The van der Waals surface area contributed by atoms with Crippen molar-refractivity contribution in [2.45, 2.75) is 44.6 Å². The van der Waals surface area contributed by atoms with Gasteiger partial charge in [0.2, 0.25) is 0 Å². The summed E-state index contributed by atoms with van der Waals surface area (Å²) in [4.78, 5) is 2.56. The molecule has 3 nitrogen and oxygen atoms in total. The van der Waals surface area contributed by atoms with E-state index in [0.717, 1.165) is 31.8 Å². The van der Waals surface area contributed by atoms with Gasteiger partial charge < -0.3 is 9.64 Å². The first-order chi connectivity index (χ1) is 8.31. The van der Waals surface area contributed by atoms with E-state index in [-0.39, 0.29) is 0 Å². The summed E-state index contributed by atoms with van der Waals surface area (Å²) >= 11 is 0. The smallest absolute Gasteiger partial charge is 0.0656 e. The molecule has 2 aliphatic rings. The van der Waals surface area contributed by atoms with Gasteiger partial charge in [0.1, 0.15) is 0 Å². The van der Waals surface area contributed by atoms with E-state index in [9.17, 15) is 0 Å². The molecule has 0 aromatic heterocycles. The van der Waals surface area contributed by atoms with E-state index >= 15 is 0 Å². The average Bonchev–Trinajstić information content (AvgIpc) is 2.40. The molecule has 0 amide bonds. The van der Waals surface area contributed by atoms with Crippen molar-refractivity contribution in [3.63, 3.8) is 0 Å². The lowest BCUT2D eigenvalue weighted by Crippen LogP contribution is -2.38. The maximum Gasteiger partial charge on any atom is 0.0656 e. The summed E-state index contributed by atoms with van der Waals surface area (Å²) < 4.78 is 5.41. The lowest BCUT2D eigenvalue weighted by molar-refractivity contribution is 0.0473. The lowest BCUT2D eigenvalue weighted by atomic mass is 9.86. The predicted molar refractivity (Wildman–Crippen MR) is 67.5 cm³/mol. The molecular formula is C14H24N2O. The summed E-state index contributed by atoms with van der Waals surface area (Å²) in [5.41, 5.74) is 0. The predicted octanol–water partition coefficient (Wildman–Crippen LogP) is 2.43. The Morgan fingerprint density at radius 1 is 1.12 bits per heavy atom. The van der Waals surface area contributed by atoms with Crippen LogP contribution in [0, 0.1) is 23.2 Å². The van der Waals surface area contributed by atoms with Crippen LogP contribution in [0.15, 0.2) is 0 Å². The van der Waals surface area contributed by atoms with Crippen LogP contribution < -0.4 is 0 Å². The first-order valence-corrected chi connectivity index (χ1v) is 6.96. The van der Waals surface area contributed by atoms with E-state index in [4.69, 9.17) is 10.00 Å². The molecule has 96 valence electrons. The van der Waals surface area contributed by atoms with Crippen molar-refractivity contribution >= 4 is 0 Å². The number of nitrogens with zero attached hydrogens (tertiary/aromatic N) is 2. The summed E-state index contributed by atoms with van der Waals surface area (Å²) in [7, 11) is 1.83. The third-order valence-electron chi connectivity index (χ3n) is 4.41. The Bertz CT molecular complexity index is 258. The molecular weight excluding hydrogens is 212 g/mol. The second kappa shape index (κ2) is 6.37. The average molecular weight is 236 g/mol. The zero-order valence-corrected chi connectivity index (χ0v) is 10.9. The summed E-state index contributed by atoms with van der Waals surface area (Å²) in [5.74, 6) is 1.18. The van der Waals surface area contributed by atoms with E-state index in [2.05, 4.69) is 11.0 Å². The quantitative estimate of drug-likeness (QED) is 0.755. The number of methoxy groups -OCH3 is 1. The highest BCUT2D eigenvalue weighted by molar-refractivity contribution is 4.88. The molecule has 0 bridgehead atoms. The third kappa shape index (κ3) is 3.69. The SMILES string of the molecule is COC1CCC(CN2CCC(C#N)CC2)CC1. The van der Waals surface area contributed by atoms with Crippen molar-refractivity contribution in [3.8, 4) is 6.07 Å². The fourth-order valence-corrected chi connectivity index (χ4v) is 3.16. The third-order valence-corrected chi connectivity index (χ3v) is 4.41. The molecule has 3 heteroatoms. The van der Waals surface area contributed by atoms with Crippen LogP contribution in [0.1, 0.15) is 38.5 Å². The molecule has 1 saturated heterocycles. The van der Waals surface area contributed by atoms with E-state index in [1.165, 1.54) is 32.2 Å². The van der Waals surface area contributed by atoms with Gasteiger partial charge in [-0.05, 0) is 57.5 Å². The first-order valence-electron chi connectivity index (χ1n) is 6.96. The topological polar surface area (TPSA) is 36.3 Å². The number of rotatable bonds is 3. The van der Waals surface area contributed by atoms with Gasteiger partial charge in [0.25, 0.3) is 0 Å². The molecule has 0 radical (unpaired) electrons. The number of likely N-dealkylation sites (tertiary alicyclic amines) is 1. The summed E-state index contributed by atoms with van der Waals surface area (Å²) in [5, 5.41) is 8.87. The monoisotopic (exact) mass is 236 g/mol. The summed E-state index contributed by atoms with van der Waals surface area (Å²) in [6, 6.07) is 2.40. The molecule has 0 aromatic rings. The zero-order chi connectivity index (χ0) is 12.1. The van der Waals surface area contributed by atoms with Crippen LogP contribution in [-0.4, -0.2) is 37.7 Å². The summed E-state index contributed by atoms with van der Waals surface area (Å²) in [6.07, 6.45) is 7.75. The molecule has 1 aliphatic heterocycles. The Balaban J connectivity index is 1.67. The molecule has 2 fully saturated rings. The highest BCUT2D eigenvalue weighted by Crippen LogP contribution is 2.27. The zero-order valence-electron chi connectivity index (χ0n) is 10.9. The molecule has 0 unspecified atom stereocenters. The van der Waals surface area contributed by atoms with Crippen LogP contribution in [0.4, 0.5) is 0 Å². The Hall–Kier alpha value is -0.590. The van der Waals surface area contributed by atoms with Crippen molar-refractivity contribution in [2.75, 3.05) is 26.7 Å². The number of hydrogen-bond donors (Lipinski definition) is 0. The lowest BCUT2D eigenvalue weighted by Gasteiger charge is -2.35. The van der Waals surface area contributed by atoms with E-state index in [1.807, 2.05) is 7.11 Å². The molecule has 2 rings (SSSR count). The molecule has 0 spiro atoms. The molecule has 1 aliphatic carbocycles.